The van der Waals surface area contributed by atoms with Crippen molar-refractivity contribution in [3.63, 3.8) is 0 Å². The Morgan fingerprint density at radius 2 is 1.71 bits per heavy atom. The van der Waals surface area contributed by atoms with Crippen LogP contribution in [0.3, 0.4) is 0 Å². The van der Waals surface area contributed by atoms with Gasteiger partial charge in [-0.2, -0.15) is 0 Å². The lowest BCUT2D eigenvalue weighted by Crippen LogP contribution is -1.99. The lowest BCUT2D eigenvalue weighted by Gasteiger charge is -2.11. The van der Waals surface area contributed by atoms with Gasteiger partial charge in [0.05, 0.1) is 0 Å². The average molecular weight is 426 g/mol. The smallest absolute Gasteiger partial charge is 0.196 e. The van der Waals surface area contributed by atoms with Crippen LogP contribution in [0.25, 0.3) is 17.1 Å². The molecule has 1 heterocycles. The van der Waals surface area contributed by atoms with E-state index in [0.29, 0.717) is 15.8 Å². The lowest BCUT2D eigenvalue weighted by molar-refractivity contribution is 0.886. The number of rotatable bonds is 5. The van der Waals surface area contributed by atoms with E-state index in [1.807, 2.05) is 36.4 Å². The molecule has 0 bridgehead atoms. The molecule has 3 aromatic carbocycles. The molecular weight excluding hydrogens is 409 g/mol. The Bertz CT molecular complexity index is 1110. The third kappa shape index (κ3) is 4.09. The number of halogens is 2. The van der Waals surface area contributed by atoms with Gasteiger partial charge in [0, 0.05) is 27.0 Å². The highest BCUT2D eigenvalue weighted by atomic mass is 35.5. The Hall–Kier alpha value is -2.27. The summed E-state index contributed by atoms with van der Waals surface area (Å²) in [7, 11) is 0. The molecule has 6 heteroatoms. The van der Waals surface area contributed by atoms with Gasteiger partial charge in [-0.05, 0) is 42.8 Å². The molecule has 0 aliphatic rings. The maximum atomic E-state index is 6.33. The summed E-state index contributed by atoms with van der Waals surface area (Å²) in [5.41, 5.74) is 4.25. The van der Waals surface area contributed by atoms with Gasteiger partial charge >= 0.3 is 0 Å². The largest absolute Gasteiger partial charge is 0.270 e. The van der Waals surface area contributed by atoms with Crippen LogP contribution < -0.4 is 0 Å². The van der Waals surface area contributed by atoms with E-state index in [1.165, 1.54) is 5.56 Å². The second kappa shape index (κ2) is 8.39. The van der Waals surface area contributed by atoms with Gasteiger partial charge in [0.1, 0.15) is 0 Å². The second-order valence-corrected chi connectivity index (χ2v) is 8.16. The number of hydrogen-bond acceptors (Lipinski definition) is 3. The Labute approximate surface area is 178 Å². The zero-order valence-corrected chi connectivity index (χ0v) is 17.5. The van der Waals surface area contributed by atoms with E-state index in [9.17, 15) is 0 Å². The highest BCUT2D eigenvalue weighted by Gasteiger charge is 2.16. The van der Waals surface area contributed by atoms with E-state index in [1.54, 1.807) is 17.8 Å². The molecule has 0 spiro atoms. The molecular formula is C22H17Cl2N3S. The summed E-state index contributed by atoms with van der Waals surface area (Å²) in [5, 5.41) is 11.1. The molecule has 0 unspecified atom stereocenters. The first-order chi connectivity index (χ1) is 13.6. The first-order valence-corrected chi connectivity index (χ1v) is 10.5. The summed E-state index contributed by atoms with van der Waals surface area (Å²) < 4.78 is 2.09. The fourth-order valence-electron chi connectivity index (χ4n) is 2.93. The summed E-state index contributed by atoms with van der Waals surface area (Å²) in [6.07, 6.45) is 0. The summed E-state index contributed by atoms with van der Waals surface area (Å²) in [6, 6.07) is 24.0. The molecule has 4 rings (SSSR count). The molecule has 0 amide bonds. The van der Waals surface area contributed by atoms with Crippen LogP contribution in [0.2, 0.25) is 10.0 Å². The molecule has 4 aromatic rings. The third-order valence-electron chi connectivity index (χ3n) is 4.30. The number of aromatic nitrogens is 3. The van der Waals surface area contributed by atoms with E-state index >= 15 is 0 Å². The molecule has 140 valence electrons. The van der Waals surface area contributed by atoms with Gasteiger partial charge in [0.25, 0.3) is 0 Å². The number of benzene rings is 3. The van der Waals surface area contributed by atoms with Gasteiger partial charge in [0.2, 0.25) is 0 Å². The van der Waals surface area contributed by atoms with Crippen LogP contribution in [-0.2, 0) is 5.75 Å². The van der Waals surface area contributed by atoms with Crippen molar-refractivity contribution in [3.8, 4) is 17.1 Å². The maximum absolute atomic E-state index is 6.33. The molecule has 0 saturated heterocycles. The standard InChI is InChI=1S/C22H17Cl2N3S/c1-15-6-5-7-16(12-15)21-25-26-22(27(21)19-8-3-2-4-9-19)28-14-17-10-11-18(23)13-20(17)24/h2-13H,14H2,1H3. The van der Waals surface area contributed by atoms with Crippen LogP contribution in [0.5, 0.6) is 0 Å². The van der Waals surface area contributed by atoms with Crippen molar-refractivity contribution >= 4 is 35.0 Å². The second-order valence-electron chi connectivity index (χ2n) is 6.37. The molecule has 0 radical (unpaired) electrons. The topological polar surface area (TPSA) is 30.7 Å². The first-order valence-electron chi connectivity index (χ1n) is 8.76. The Kier molecular flexibility index (Phi) is 5.72. The van der Waals surface area contributed by atoms with Crippen LogP contribution in [0.15, 0.2) is 78.0 Å². The van der Waals surface area contributed by atoms with E-state index in [-0.39, 0.29) is 0 Å². The Morgan fingerprint density at radius 1 is 0.893 bits per heavy atom. The van der Waals surface area contributed by atoms with Gasteiger partial charge in [-0.15, -0.1) is 10.2 Å². The molecule has 0 aliphatic heterocycles. The highest BCUT2D eigenvalue weighted by molar-refractivity contribution is 7.98. The predicted octanol–water partition coefficient (Wildman–Crippen LogP) is 6.84. The van der Waals surface area contributed by atoms with Gasteiger partial charge in [0.15, 0.2) is 11.0 Å². The van der Waals surface area contributed by atoms with E-state index in [2.05, 4.69) is 52.0 Å². The summed E-state index contributed by atoms with van der Waals surface area (Å²) in [6.45, 7) is 2.07. The zero-order valence-electron chi connectivity index (χ0n) is 15.1. The zero-order chi connectivity index (χ0) is 19.5. The van der Waals surface area contributed by atoms with Crippen molar-refractivity contribution in [2.24, 2.45) is 0 Å². The van der Waals surface area contributed by atoms with E-state index < -0.39 is 0 Å². The first kappa shape index (κ1) is 19.1. The normalized spacial score (nSPS) is 11.0. The van der Waals surface area contributed by atoms with Crippen LogP contribution in [0, 0.1) is 6.92 Å². The minimum atomic E-state index is 0.632. The molecule has 0 atom stereocenters. The predicted molar refractivity (Wildman–Crippen MR) is 118 cm³/mol. The molecule has 1 aromatic heterocycles. The molecule has 0 aliphatic carbocycles. The fourth-order valence-corrected chi connectivity index (χ4v) is 4.44. The minimum Gasteiger partial charge on any atom is -0.270 e. The van der Waals surface area contributed by atoms with E-state index in [4.69, 9.17) is 23.2 Å². The third-order valence-corrected chi connectivity index (χ3v) is 5.86. The van der Waals surface area contributed by atoms with E-state index in [0.717, 1.165) is 27.8 Å². The van der Waals surface area contributed by atoms with Crippen molar-refractivity contribution in [3.05, 3.63) is 94.0 Å². The molecule has 28 heavy (non-hydrogen) atoms. The van der Waals surface area contributed by atoms with Gasteiger partial charge in [-0.25, -0.2) is 0 Å². The van der Waals surface area contributed by atoms with Crippen LogP contribution in [0.1, 0.15) is 11.1 Å². The summed E-state index contributed by atoms with van der Waals surface area (Å²) in [4.78, 5) is 0. The fraction of sp³-hybridized carbons (Fsp3) is 0.0909. The number of thioether (sulfide) groups is 1. The highest BCUT2D eigenvalue weighted by Crippen LogP contribution is 2.32. The number of nitrogens with zero attached hydrogens (tertiary/aromatic N) is 3. The molecule has 0 N–H and O–H groups in total. The number of para-hydroxylation sites is 1. The van der Waals surface area contributed by atoms with Crippen molar-refractivity contribution < 1.29 is 0 Å². The van der Waals surface area contributed by atoms with Crippen LogP contribution in [-0.4, -0.2) is 14.8 Å². The summed E-state index contributed by atoms with van der Waals surface area (Å²) in [5.74, 6) is 1.49. The Balaban J connectivity index is 1.73. The number of aryl methyl sites for hydroxylation is 1. The Morgan fingerprint density at radius 3 is 2.46 bits per heavy atom. The monoisotopic (exact) mass is 425 g/mol. The maximum Gasteiger partial charge on any atom is 0.196 e. The SMILES string of the molecule is Cc1cccc(-c2nnc(SCc3ccc(Cl)cc3Cl)n2-c2ccccc2)c1. The van der Waals surface area contributed by atoms with Crippen molar-refractivity contribution in [1.29, 1.82) is 0 Å². The van der Waals surface area contributed by atoms with Crippen LogP contribution >= 0.6 is 35.0 Å². The van der Waals surface area contributed by atoms with Gasteiger partial charge < -0.3 is 0 Å². The van der Waals surface area contributed by atoms with Gasteiger partial charge in [-0.3, -0.25) is 4.57 Å². The van der Waals surface area contributed by atoms with Crippen molar-refractivity contribution in [1.82, 2.24) is 14.8 Å². The van der Waals surface area contributed by atoms with Crippen LogP contribution in [0.4, 0.5) is 0 Å². The number of hydrogen-bond donors (Lipinski definition) is 0. The van der Waals surface area contributed by atoms with Crippen molar-refractivity contribution in [2.45, 2.75) is 17.8 Å². The lowest BCUT2D eigenvalue weighted by atomic mass is 10.1. The summed E-state index contributed by atoms with van der Waals surface area (Å²) >= 11 is 13.9. The molecule has 0 saturated carbocycles. The van der Waals surface area contributed by atoms with Gasteiger partial charge in [-0.1, -0.05) is 83.0 Å². The molecule has 3 nitrogen and oxygen atoms in total. The average Bonchev–Trinajstić information content (AvgIpc) is 3.12. The quantitative estimate of drug-likeness (QED) is 0.327. The molecule has 0 fully saturated rings. The minimum absolute atomic E-state index is 0.632. The van der Waals surface area contributed by atoms with Crippen molar-refractivity contribution in [2.75, 3.05) is 0 Å².